The summed E-state index contributed by atoms with van der Waals surface area (Å²) in [6, 6.07) is 10.7. The van der Waals surface area contributed by atoms with E-state index in [9.17, 15) is 8.42 Å². The van der Waals surface area contributed by atoms with Gasteiger partial charge in [-0.3, -0.25) is 0 Å². The maximum Gasteiger partial charge on any atom is 0.272 e. The Labute approximate surface area is 172 Å². The maximum absolute atomic E-state index is 13.4. The number of thiophene rings is 1. The molecular weight excluding hydrogens is 389 g/mol. The van der Waals surface area contributed by atoms with Crippen molar-refractivity contribution in [1.29, 1.82) is 0 Å². The third kappa shape index (κ3) is 3.65. The predicted molar refractivity (Wildman–Crippen MR) is 119 cm³/mol. The fourth-order valence-corrected chi connectivity index (χ4v) is 7.04. The molecule has 1 atom stereocenters. The summed E-state index contributed by atoms with van der Waals surface area (Å²) < 4.78 is 28.3. The molecule has 148 valence electrons. The van der Waals surface area contributed by atoms with Crippen molar-refractivity contribution in [3.8, 4) is 0 Å². The van der Waals surface area contributed by atoms with Crippen LogP contribution in [0.5, 0.6) is 0 Å². The van der Waals surface area contributed by atoms with E-state index in [4.69, 9.17) is 4.99 Å². The first-order valence-corrected chi connectivity index (χ1v) is 12.3. The minimum Gasteiger partial charge on any atom is -0.310 e. The van der Waals surface area contributed by atoms with Crippen LogP contribution < -0.4 is 9.62 Å². The largest absolute Gasteiger partial charge is 0.310 e. The van der Waals surface area contributed by atoms with Crippen LogP contribution in [0.1, 0.15) is 45.4 Å². The van der Waals surface area contributed by atoms with E-state index in [1.54, 1.807) is 11.4 Å². The second-order valence-electron chi connectivity index (χ2n) is 8.01. The molecule has 0 saturated heterocycles. The molecule has 8 heteroatoms. The lowest BCUT2D eigenvalue weighted by molar-refractivity contribution is 0.393. The van der Waals surface area contributed by atoms with Crippen molar-refractivity contribution in [2.45, 2.75) is 61.8 Å². The zero-order valence-electron chi connectivity index (χ0n) is 16.4. The van der Waals surface area contributed by atoms with Gasteiger partial charge in [0.2, 0.25) is 0 Å². The van der Waals surface area contributed by atoms with Crippen LogP contribution in [0.3, 0.4) is 0 Å². The number of benzene rings is 1. The number of hydrogen-bond donors (Lipinski definition) is 1. The Balaban J connectivity index is 1.74. The lowest BCUT2D eigenvalue weighted by Gasteiger charge is -2.37. The van der Waals surface area contributed by atoms with Gasteiger partial charge in [0.25, 0.3) is 10.0 Å². The Morgan fingerprint density at radius 2 is 1.82 bits per heavy atom. The van der Waals surface area contributed by atoms with Crippen molar-refractivity contribution in [2.24, 2.45) is 4.99 Å². The van der Waals surface area contributed by atoms with Gasteiger partial charge in [-0.1, -0.05) is 43.9 Å². The highest BCUT2D eigenvalue weighted by atomic mass is 32.2. The van der Waals surface area contributed by atoms with Gasteiger partial charge in [0, 0.05) is 0 Å². The molecule has 1 aromatic carbocycles. The van der Waals surface area contributed by atoms with Crippen molar-refractivity contribution < 1.29 is 8.42 Å². The Bertz CT molecular complexity index is 964. The van der Waals surface area contributed by atoms with Crippen LogP contribution in [-0.4, -0.2) is 33.6 Å². The van der Waals surface area contributed by atoms with E-state index in [1.165, 1.54) is 41.3 Å². The number of sulfonamides is 1. The fourth-order valence-electron chi connectivity index (χ4n) is 4.29. The van der Waals surface area contributed by atoms with Crippen molar-refractivity contribution in [2.75, 3.05) is 4.31 Å². The number of nitrogens with one attached hydrogen (secondary N) is 1. The van der Waals surface area contributed by atoms with E-state index in [0.717, 1.165) is 12.8 Å². The zero-order chi connectivity index (χ0) is 19.8. The third-order valence-electron chi connectivity index (χ3n) is 5.70. The van der Waals surface area contributed by atoms with Crippen LogP contribution in [-0.2, 0) is 10.0 Å². The summed E-state index contributed by atoms with van der Waals surface area (Å²) >= 11 is 1.37. The zero-order valence-corrected chi connectivity index (χ0v) is 18.0. The van der Waals surface area contributed by atoms with E-state index in [-0.39, 0.29) is 16.4 Å². The third-order valence-corrected chi connectivity index (χ3v) is 8.40. The standard InChI is InChI=1S/C20H26BN3O2S2/c1-15(23-20(21)12-7-2-3-8-13-20)18-22-19-17(11-14-27-19)28(25,26)24(18)16-9-5-4-6-10-16/h4-6,9-11,14-15,23H,2-3,7-8,12-13,21H2,1H3. The first-order chi connectivity index (χ1) is 13.4. The minimum atomic E-state index is -3.68. The number of nitrogens with zero attached hydrogens (tertiary/aromatic N) is 2. The average Bonchev–Trinajstić information content (AvgIpc) is 3.05. The number of rotatable bonds is 4. The summed E-state index contributed by atoms with van der Waals surface area (Å²) in [5.41, 5.74) is 0.623. The van der Waals surface area contributed by atoms with Gasteiger partial charge in [0.15, 0.2) is 0 Å². The molecule has 2 aliphatic rings. The Morgan fingerprint density at radius 1 is 1.14 bits per heavy atom. The van der Waals surface area contributed by atoms with E-state index < -0.39 is 10.0 Å². The molecule has 1 aliphatic heterocycles. The van der Waals surface area contributed by atoms with Crippen LogP contribution >= 0.6 is 11.3 Å². The molecule has 5 nitrogen and oxygen atoms in total. The van der Waals surface area contributed by atoms with Gasteiger partial charge in [-0.25, -0.2) is 17.7 Å². The van der Waals surface area contributed by atoms with Gasteiger partial charge in [-0.05, 0) is 48.8 Å². The molecule has 1 saturated carbocycles. The Morgan fingerprint density at radius 3 is 2.50 bits per heavy atom. The molecule has 0 amide bonds. The summed E-state index contributed by atoms with van der Waals surface area (Å²) in [4.78, 5) is 5.09. The van der Waals surface area contributed by atoms with Crippen molar-refractivity contribution in [3.05, 3.63) is 41.8 Å². The highest BCUT2D eigenvalue weighted by Gasteiger charge is 2.39. The molecule has 1 fully saturated rings. The molecule has 1 N–H and O–H groups in total. The van der Waals surface area contributed by atoms with E-state index in [2.05, 4.69) is 13.2 Å². The lowest BCUT2D eigenvalue weighted by atomic mass is 9.71. The number of anilines is 1. The van der Waals surface area contributed by atoms with Gasteiger partial charge in [-0.15, -0.1) is 11.3 Å². The van der Waals surface area contributed by atoms with Crippen LogP contribution in [0.4, 0.5) is 10.7 Å². The molecule has 2 heterocycles. The van der Waals surface area contributed by atoms with Crippen LogP contribution in [0.15, 0.2) is 51.7 Å². The van der Waals surface area contributed by atoms with Gasteiger partial charge in [-0.2, -0.15) is 0 Å². The highest BCUT2D eigenvalue weighted by molar-refractivity contribution is 7.94. The molecule has 0 radical (unpaired) electrons. The summed E-state index contributed by atoms with van der Waals surface area (Å²) in [7, 11) is -1.42. The normalized spacial score (nSPS) is 22.0. The van der Waals surface area contributed by atoms with Gasteiger partial charge in [0.05, 0.1) is 11.7 Å². The molecule has 1 unspecified atom stereocenters. The summed E-state index contributed by atoms with van der Waals surface area (Å²) in [6.07, 6.45) is 7.17. The molecule has 28 heavy (non-hydrogen) atoms. The summed E-state index contributed by atoms with van der Waals surface area (Å²) in [6.45, 7) is 2.03. The second kappa shape index (κ2) is 7.65. The Hall–Kier alpha value is -1.64. The highest BCUT2D eigenvalue weighted by Crippen LogP contribution is 2.39. The number of aliphatic imine (C=N–C) groups is 1. The monoisotopic (exact) mass is 415 g/mol. The number of amidine groups is 1. The topological polar surface area (TPSA) is 61.8 Å². The van der Waals surface area contributed by atoms with Crippen LogP contribution in [0.2, 0.25) is 0 Å². The van der Waals surface area contributed by atoms with Crippen LogP contribution in [0, 0.1) is 0 Å². The number of hydrogen-bond acceptors (Lipinski definition) is 5. The summed E-state index contributed by atoms with van der Waals surface area (Å²) in [5, 5.41) is 6.10. The number of fused-ring (bicyclic) bond motifs is 1. The average molecular weight is 415 g/mol. The first kappa shape index (κ1) is 19.7. The van der Waals surface area contributed by atoms with Crippen molar-refractivity contribution >= 4 is 45.7 Å². The fraction of sp³-hybridized carbons (Fsp3) is 0.450. The van der Waals surface area contributed by atoms with Crippen molar-refractivity contribution in [1.82, 2.24) is 5.32 Å². The van der Waals surface area contributed by atoms with Gasteiger partial charge < -0.3 is 5.32 Å². The minimum absolute atomic E-state index is 0.000281. The molecule has 0 bridgehead atoms. The maximum atomic E-state index is 13.4. The molecule has 0 spiro atoms. The molecule has 4 rings (SSSR count). The summed E-state index contributed by atoms with van der Waals surface area (Å²) in [5.74, 6) is 0.548. The predicted octanol–water partition coefficient (Wildman–Crippen LogP) is 3.65. The first-order valence-electron chi connectivity index (χ1n) is 9.95. The van der Waals surface area contributed by atoms with E-state index >= 15 is 0 Å². The van der Waals surface area contributed by atoms with Crippen LogP contribution in [0.25, 0.3) is 0 Å². The van der Waals surface area contributed by atoms with E-state index in [0.29, 0.717) is 16.5 Å². The second-order valence-corrected chi connectivity index (χ2v) is 10.7. The molecular formula is C20H26BN3O2S2. The SMILES string of the molecule is BC1(NC(C)C2=Nc3sccc3S(=O)(=O)N2c2ccccc2)CCCCCC1. The van der Waals surface area contributed by atoms with Crippen molar-refractivity contribution in [3.63, 3.8) is 0 Å². The van der Waals surface area contributed by atoms with Gasteiger partial charge in [0.1, 0.15) is 23.6 Å². The van der Waals surface area contributed by atoms with Gasteiger partial charge >= 0.3 is 0 Å². The Kier molecular flexibility index (Phi) is 5.37. The lowest BCUT2D eigenvalue weighted by Crippen LogP contribution is -2.57. The van der Waals surface area contributed by atoms with E-state index in [1.807, 2.05) is 37.3 Å². The molecule has 1 aliphatic carbocycles. The molecule has 2 aromatic rings. The number of para-hydroxylation sites is 1. The molecule has 1 aromatic heterocycles. The quantitative estimate of drug-likeness (QED) is 0.613. The smallest absolute Gasteiger partial charge is 0.272 e.